The van der Waals surface area contributed by atoms with Gasteiger partial charge in [0.05, 0.1) is 0 Å². The Balaban J connectivity index is 0.999. The summed E-state index contributed by atoms with van der Waals surface area (Å²) in [6.07, 6.45) is 44.7. The minimum absolute atomic E-state index is 0.810. The fraction of sp³-hybridized carbons (Fsp3) is 1.00. The van der Waals surface area contributed by atoms with E-state index >= 15 is 0 Å². The second kappa shape index (κ2) is 16.3. The number of hydrogen-bond donors (Lipinski definition) is 0. The number of halogens is 2. The Morgan fingerprint density at radius 2 is 1.02 bits per heavy atom. The van der Waals surface area contributed by atoms with E-state index < -0.39 is 0 Å². The average molecular weight is 776 g/mol. The molecule has 13 unspecified atom stereocenters. The Morgan fingerprint density at radius 3 is 1.77 bits per heavy atom. The van der Waals surface area contributed by atoms with Gasteiger partial charge in [-0.3, -0.25) is 4.90 Å². The lowest BCUT2D eigenvalue weighted by molar-refractivity contribution is -0.0640. The van der Waals surface area contributed by atoms with Gasteiger partial charge in [0.15, 0.2) is 0 Å². The van der Waals surface area contributed by atoms with Gasteiger partial charge in [0.25, 0.3) is 0 Å². The maximum atomic E-state index is 4.04. The van der Waals surface area contributed by atoms with Gasteiger partial charge < -0.3 is 0 Å². The quantitative estimate of drug-likeness (QED) is 0.233. The molecule has 0 spiro atoms. The van der Waals surface area contributed by atoms with Crippen molar-refractivity contribution in [1.82, 2.24) is 4.90 Å². The molecule has 8 aliphatic carbocycles. The number of rotatable bonds is 7. The summed E-state index contributed by atoms with van der Waals surface area (Å²) < 4.78 is 0. The van der Waals surface area contributed by atoms with Gasteiger partial charge in [-0.1, -0.05) is 102 Å². The highest BCUT2D eigenvalue weighted by Crippen LogP contribution is 2.55. The maximum absolute atomic E-state index is 4.04. The molecule has 3 heteroatoms. The largest absolute Gasteiger partial charge is 0.294 e. The molecule has 0 heterocycles. The second-order valence-electron chi connectivity index (χ2n) is 19.5. The smallest absolute Gasteiger partial charge is 0.0148 e. The first-order valence-corrected chi connectivity index (χ1v) is 24.0. The van der Waals surface area contributed by atoms with Crippen molar-refractivity contribution < 1.29 is 0 Å². The van der Waals surface area contributed by atoms with Gasteiger partial charge in [0, 0.05) is 27.8 Å². The van der Waals surface area contributed by atoms with E-state index in [2.05, 4.69) is 36.8 Å². The van der Waals surface area contributed by atoms with Gasteiger partial charge in [0.2, 0.25) is 0 Å². The monoisotopic (exact) mass is 773 g/mol. The third-order valence-electron chi connectivity index (χ3n) is 17.1. The summed E-state index contributed by atoms with van der Waals surface area (Å²) in [6.45, 7) is 0. The van der Waals surface area contributed by atoms with Crippen molar-refractivity contribution in [2.24, 2.45) is 59.2 Å². The standard InChI is InChI=1S/C44H73Br2N/c45-37-22-19-31-25-36(18-17-32(31)26-37)43(30-9-3-1-4-10-30)29-35-11-7-15-42-41(35)14-8-16-44(42)47(39-12-5-2-6-13-39)40-24-21-33-27-38(46)23-20-34(33)28-40/h30-44H,1-29H2. The lowest BCUT2D eigenvalue weighted by Gasteiger charge is -2.56. The molecule has 0 N–H and O–H groups in total. The first-order valence-electron chi connectivity index (χ1n) is 22.2. The van der Waals surface area contributed by atoms with Crippen molar-refractivity contribution in [1.29, 1.82) is 0 Å². The summed E-state index contributed by atoms with van der Waals surface area (Å²) in [6, 6.07) is 2.76. The minimum Gasteiger partial charge on any atom is -0.294 e. The molecule has 8 fully saturated rings. The third kappa shape index (κ3) is 7.98. The van der Waals surface area contributed by atoms with Gasteiger partial charge in [-0.25, -0.2) is 0 Å². The summed E-state index contributed by atoms with van der Waals surface area (Å²) in [5.74, 6) is 10.5. The predicted molar refractivity (Wildman–Crippen MR) is 207 cm³/mol. The van der Waals surface area contributed by atoms with Crippen LogP contribution in [0.2, 0.25) is 0 Å². The number of nitrogens with zero attached hydrogens (tertiary/aromatic N) is 1. The van der Waals surface area contributed by atoms with Crippen LogP contribution in [-0.2, 0) is 0 Å². The fourth-order valence-corrected chi connectivity index (χ4v) is 16.5. The lowest BCUT2D eigenvalue weighted by Crippen LogP contribution is -2.58. The number of alkyl halides is 2. The molecule has 1 nitrogen and oxygen atoms in total. The molecule has 13 atom stereocenters. The second-order valence-corrected chi connectivity index (χ2v) is 22.0. The molecule has 0 aromatic heterocycles. The van der Waals surface area contributed by atoms with E-state index in [9.17, 15) is 0 Å². The molecule has 8 saturated carbocycles. The molecule has 47 heavy (non-hydrogen) atoms. The molecular formula is C44H73Br2N. The Labute approximate surface area is 308 Å². The molecule has 0 aromatic rings. The molecule has 0 aliphatic heterocycles. The minimum atomic E-state index is 0.810. The highest BCUT2D eigenvalue weighted by molar-refractivity contribution is 9.09. The van der Waals surface area contributed by atoms with Crippen molar-refractivity contribution in [2.75, 3.05) is 0 Å². The average Bonchev–Trinajstić information content (AvgIpc) is 3.11. The Morgan fingerprint density at radius 1 is 0.426 bits per heavy atom. The Bertz CT molecular complexity index is 972. The van der Waals surface area contributed by atoms with Crippen LogP contribution in [-0.4, -0.2) is 32.7 Å². The summed E-state index contributed by atoms with van der Waals surface area (Å²) >= 11 is 8.07. The van der Waals surface area contributed by atoms with Crippen LogP contribution >= 0.6 is 31.9 Å². The summed E-state index contributed by atoms with van der Waals surface area (Å²) in [4.78, 5) is 5.01. The van der Waals surface area contributed by atoms with Crippen LogP contribution in [0.25, 0.3) is 0 Å². The van der Waals surface area contributed by atoms with Crippen LogP contribution in [0, 0.1) is 59.2 Å². The molecule has 8 rings (SSSR count). The van der Waals surface area contributed by atoms with Crippen LogP contribution < -0.4 is 0 Å². The van der Waals surface area contributed by atoms with E-state index in [1.807, 2.05) is 0 Å². The zero-order valence-corrected chi connectivity index (χ0v) is 33.5. The van der Waals surface area contributed by atoms with Crippen LogP contribution in [0.4, 0.5) is 0 Å². The molecule has 0 aromatic carbocycles. The summed E-state index contributed by atoms with van der Waals surface area (Å²) in [7, 11) is 0. The lowest BCUT2D eigenvalue weighted by atomic mass is 9.56. The molecule has 0 bridgehead atoms. The van der Waals surface area contributed by atoms with Gasteiger partial charge in [0.1, 0.15) is 0 Å². The van der Waals surface area contributed by atoms with Crippen molar-refractivity contribution in [2.45, 2.75) is 214 Å². The molecule has 0 saturated heterocycles. The SMILES string of the molecule is BrC1CCC2CC(C(CC3CCCC4C3CCCC4N(C3CCCCC3)C3CCC4CC(Br)CCC4C3)C3CCCCC3)CCC2C1. The van der Waals surface area contributed by atoms with E-state index in [-0.39, 0.29) is 0 Å². The Kier molecular flexibility index (Phi) is 12.1. The number of fused-ring (bicyclic) bond motifs is 3. The van der Waals surface area contributed by atoms with Crippen LogP contribution in [0.1, 0.15) is 186 Å². The van der Waals surface area contributed by atoms with Gasteiger partial charge in [-0.05, 0) is 175 Å². The third-order valence-corrected chi connectivity index (χ3v) is 18.8. The highest BCUT2D eigenvalue weighted by atomic mass is 79.9. The van der Waals surface area contributed by atoms with E-state index in [1.54, 1.807) is 96.3 Å². The molecular weight excluding hydrogens is 702 g/mol. The van der Waals surface area contributed by atoms with Gasteiger partial charge >= 0.3 is 0 Å². The molecule has 268 valence electrons. The van der Waals surface area contributed by atoms with Crippen LogP contribution in [0.15, 0.2) is 0 Å². The first-order chi connectivity index (χ1) is 23.1. The Hall–Kier alpha value is 0.920. The van der Waals surface area contributed by atoms with Crippen molar-refractivity contribution in [3.8, 4) is 0 Å². The van der Waals surface area contributed by atoms with Crippen LogP contribution in [0.3, 0.4) is 0 Å². The van der Waals surface area contributed by atoms with E-state index in [0.29, 0.717) is 0 Å². The highest BCUT2D eigenvalue weighted by Gasteiger charge is 2.49. The zero-order chi connectivity index (χ0) is 31.7. The molecule has 0 amide bonds. The zero-order valence-electron chi connectivity index (χ0n) is 30.4. The van der Waals surface area contributed by atoms with E-state index in [4.69, 9.17) is 0 Å². The van der Waals surface area contributed by atoms with Crippen molar-refractivity contribution in [3.63, 3.8) is 0 Å². The van der Waals surface area contributed by atoms with Gasteiger partial charge in [-0.2, -0.15) is 0 Å². The van der Waals surface area contributed by atoms with Gasteiger partial charge in [-0.15, -0.1) is 0 Å². The fourth-order valence-electron chi connectivity index (χ4n) is 15.0. The predicted octanol–water partition coefficient (Wildman–Crippen LogP) is 13.5. The normalized spacial score (nSPS) is 46.3. The van der Waals surface area contributed by atoms with E-state index in [1.165, 1.54) is 89.9 Å². The van der Waals surface area contributed by atoms with Crippen LogP contribution in [0.5, 0.6) is 0 Å². The number of hydrogen-bond acceptors (Lipinski definition) is 1. The van der Waals surface area contributed by atoms with E-state index in [0.717, 1.165) is 87.0 Å². The maximum Gasteiger partial charge on any atom is 0.0148 e. The van der Waals surface area contributed by atoms with Crippen molar-refractivity contribution in [3.05, 3.63) is 0 Å². The molecule has 0 radical (unpaired) electrons. The van der Waals surface area contributed by atoms with Crippen molar-refractivity contribution >= 4 is 31.9 Å². The molecule has 8 aliphatic rings. The summed E-state index contributed by atoms with van der Waals surface area (Å²) in [5, 5.41) is 0. The summed E-state index contributed by atoms with van der Waals surface area (Å²) in [5.41, 5.74) is 0. The first kappa shape index (κ1) is 35.0. The topological polar surface area (TPSA) is 3.24 Å².